The Hall–Kier alpha value is -4.08. The van der Waals surface area contributed by atoms with Crippen molar-refractivity contribution in [3.8, 4) is 11.6 Å². The number of piperidine rings is 1. The van der Waals surface area contributed by atoms with Gasteiger partial charge in [-0.25, -0.2) is 4.98 Å². The summed E-state index contributed by atoms with van der Waals surface area (Å²) in [6.45, 7) is 0.702. The van der Waals surface area contributed by atoms with Gasteiger partial charge in [0.2, 0.25) is 5.91 Å². The summed E-state index contributed by atoms with van der Waals surface area (Å²) in [5.74, 6) is 0.456. The first kappa shape index (κ1) is 22.7. The van der Waals surface area contributed by atoms with E-state index in [0.717, 1.165) is 23.2 Å². The lowest BCUT2D eigenvalue weighted by Crippen LogP contribution is -2.41. The third-order valence-corrected chi connectivity index (χ3v) is 6.12. The van der Waals surface area contributed by atoms with Crippen molar-refractivity contribution < 1.29 is 27.2 Å². The van der Waals surface area contributed by atoms with Crippen molar-refractivity contribution in [2.24, 2.45) is 5.92 Å². The summed E-state index contributed by atoms with van der Waals surface area (Å²) >= 11 is 0. The van der Waals surface area contributed by atoms with Gasteiger partial charge in [0.1, 0.15) is 0 Å². The van der Waals surface area contributed by atoms with Crippen molar-refractivity contribution in [2.75, 3.05) is 18.4 Å². The van der Waals surface area contributed by atoms with Gasteiger partial charge in [-0.2, -0.15) is 13.2 Å². The van der Waals surface area contributed by atoms with Crippen LogP contribution in [0.15, 0.2) is 65.3 Å². The highest BCUT2D eigenvalue weighted by Crippen LogP contribution is 2.30. The average Bonchev–Trinajstić information content (AvgIpc) is 3.53. The molecule has 180 valence electrons. The number of alkyl halides is 3. The van der Waals surface area contributed by atoms with E-state index in [-0.39, 0.29) is 23.3 Å². The minimum Gasteiger partial charge on any atom is -0.461 e. The lowest BCUT2D eigenvalue weighted by molar-refractivity contribution is -0.137. The first-order valence-electron chi connectivity index (χ1n) is 11.1. The number of hydrogen-bond donors (Lipinski definition) is 2. The number of amides is 2. The summed E-state index contributed by atoms with van der Waals surface area (Å²) in [6, 6.07) is 13.1. The van der Waals surface area contributed by atoms with Crippen LogP contribution in [0.1, 0.15) is 28.8 Å². The van der Waals surface area contributed by atoms with Crippen molar-refractivity contribution >= 4 is 28.5 Å². The zero-order valence-corrected chi connectivity index (χ0v) is 18.4. The molecule has 2 aromatic carbocycles. The predicted molar refractivity (Wildman–Crippen MR) is 122 cm³/mol. The Bertz CT molecular complexity index is 1350. The highest BCUT2D eigenvalue weighted by atomic mass is 19.4. The molecule has 4 aromatic rings. The van der Waals surface area contributed by atoms with Gasteiger partial charge < -0.3 is 19.6 Å². The molecule has 0 spiro atoms. The zero-order chi connectivity index (χ0) is 24.6. The van der Waals surface area contributed by atoms with Crippen molar-refractivity contribution in [3.63, 3.8) is 0 Å². The van der Waals surface area contributed by atoms with Crippen LogP contribution in [0, 0.1) is 5.92 Å². The number of halogens is 3. The maximum absolute atomic E-state index is 12.8. The van der Waals surface area contributed by atoms with Crippen LogP contribution < -0.4 is 5.32 Å². The van der Waals surface area contributed by atoms with Crippen molar-refractivity contribution in [2.45, 2.75) is 19.0 Å². The van der Waals surface area contributed by atoms with Gasteiger partial charge in [0.05, 0.1) is 22.9 Å². The lowest BCUT2D eigenvalue weighted by Gasteiger charge is -2.31. The van der Waals surface area contributed by atoms with Crippen LogP contribution in [0.5, 0.6) is 0 Å². The summed E-state index contributed by atoms with van der Waals surface area (Å²) in [5, 5.41) is 2.92. The number of furan rings is 1. The van der Waals surface area contributed by atoms with E-state index >= 15 is 0 Å². The number of nitrogens with one attached hydrogen (secondary N) is 2. The number of anilines is 1. The van der Waals surface area contributed by atoms with E-state index in [4.69, 9.17) is 4.42 Å². The Morgan fingerprint density at radius 3 is 2.46 bits per heavy atom. The van der Waals surface area contributed by atoms with Crippen LogP contribution in [0.3, 0.4) is 0 Å². The molecule has 2 aromatic heterocycles. The molecule has 0 atom stereocenters. The van der Waals surface area contributed by atoms with E-state index in [0.29, 0.717) is 43.2 Å². The van der Waals surface area contributed by atoms with Gasteiger partial charge in [0.25, 0.3) is 5.91 Å². The Morgan fingerprint density at radius 2 is 1.80 bits per heavy atom. The fraction of sp³-hybridized carbons (Fsp3) is 0.240. The van der Waals surface area contributed by atoms with E-state index in [1.165, 1.54) is 12.1 Å². The van der Waals surface area contributed by atoms with Crippen LogP contribution in [0.2, 0.25) is 0 Å². The number of aromatic nitrogens is 2. The number of imidazole rings is 1. The smallest absolute Gasteiger partial charge is 0.416 e. The van der Waals surface area contributed by atoms with Gasteiger partial charge in [0.15, 0.2) is 11.6 Å². The number of carbonyl (C=O) groups excluding carboxylic acids is 2. The molecule has 0 saturated carbocycles. The molecule has 35 heavy (non-hydrogen) atoms. The van der Waals surface area contributed by atoms with Gasteiger partial charge in [-0.3, -0.25) is 9.59 Å². The van der Waals surface area contributed by atoms with E-state index in [1.807, 2.05) is 0 Å². The molecule has 2 N–H and O–H groups in total. The molecule has 0 bridgehead atoms. The van der Waals surface area contributed by atoms with Crippen LogP contribution in [0.25, 0.3) is 22.6 Å². The second-order valence-corrected chi connectivity index (χ2v) is 8.43. The van der Waals surface area contributed by atoms with Crippen LogP contribution in [-0.4, -0.2) is 39.8 Å². The number of H-pyrrole nitrogens is 1. The van der Waals surface area contributed by atoms with E-state index in [2.05, 4.69) is 15.3 Å². The highest BCUT2D eigenvalue weighted by Gasteiger charge is 2.31. The molecule has 10 heteroatoms. The number of aromatic amines is 1. The van der Waals surface area contributed by atoms with E-state index < -0.39 is 11.7 Å². The van der Waals surface area contributed by atoms with E-state index in [1.54, 1.807) is 41.5 Å². The predicted octanol–water partition coefficient (Wildman–Crippen LogP) is 5.33. The number of benzene rings is 2. The fourth-order valence-electron chi connectivity index (χ4n) is 4.19. The van der Waals surface area contributed by atoms with Gasteiger partial charge >= 0.3 is 6.18 Å². The number of likely N-dealkylation sites (tertiary alicyclic amines) is 1. The van der Waals surface area contributed by atoms with Gasteiger partial charge in [-0.05, 0) is 67.4 Å². The SMILES string of the molecule is O=C(Nc1ccc2nc(-c3ccco3)[nH]c2c1)C1CCN(C(=O)c2ccc(C(F)(F)F)cc2)CC1. The fourth-order valence-corrected chi connectivity index (χ4v) is 4.19. The molecule has 0 aliphatic carbocycles. The second kappa shape index (κ2) is 8.94. The Kier molecular flexibility index (Phi) is 5.80. The topological polar surface area (TPSA) is 91.2 Å². The highest BCUT2D eigenvalue weighted by molar-refractivity contribution is 5.96. The lowest BCUT2D eigenvalue weighted by atomic mass is 9.95. The molecule has 1 fully saturated rings. The maximum Gasteiger partial charge on any atom is 0.416 e. The molecule has 1 saturated heterocycles. The molecule has 1 aliphatic heterocycles. The Balaban J connectivity index is 1.18. The van der Waals surface area contributed by atoms with Gasteiger partial charge in [-0.15, -0.1) is 0 Å². The number of hydrogen-bond acceptors (Lipinski definition) is 4. The summed E-state index contributed by atoms with van der Waals surface area (Å²) in [7, 11) is 0. The Labute approximate surface area is 197 Å². The average molecular weight is 482 g/mol. The first-order valence-corrected chi connectivity index (χ1v) is 11.1. The largest absolute Gasteiger partial charge is 0.461 e. The van der Waals surface area contributed by atoms with Crippen molar-refractivity contribution in [1.29, 1.82) is 0 Å². The molecule has 0 radical (unpaired) electrons. The minimum absolute atomic E-state index is 0.142. The summed E-state index contributed by atoms with van der Waals surface area (Å²) in [4.78, 5) is 34.7. The monoisotopic (exact) mass is 482 g/mol. The third-order valence-electron chi connectivity index (χ3n) is 6.12. The van der Waals surface area contributed by atoms with Gasteiger partial charge in [-0.1, -0.05) is 0 Å². The molecule has 2 amide bonds. The molecule has 1 aliphatic rings. The second-order valence-electron chi connectivity index (χ2n) is 8.43. The summed E-state index contributed by atoms with van der Waals surface area (Å²) < 4.78 is 43.6. The maximum atomic E-state index is 12.8. The summed E-state index contributed by atoms with van der Waals surface area (Å²) in [6.07, 6.45) is -1.95. The molecule has 7 nitrogen and oxygen atoms in total. The quantitative estimate of drug-likeness (QED) is 0.411. The van der Waals surface area contributed by atoms with Gasteiger partial charge in [0, 0.05) is 30.3 Å². The molecule has 0 unspecified atom stereocenters. The number of carbonyl (C=O) groups is 2. The van der Waals surface area contributed by atoms with Crippen LogP contribution >= 0.6 is 0 Å². The molecular formula is C25H21F3N4O3. The summed E-state index contributed by atoms with van der Waals surface area (Å²) in [5.41, 5.74) is 1.52. The standard InChI is InChI=1S/C25H21F3N4O3/c26-25(27,28)17-5-3-16(4-6-17)24(34)32-11-9-15(10-12-32)23(33)29-18-7-8-19-20(14-18)31-22(30-19)21-2-1-13-35-21/h1-8,13-15H,9-12H2,(H,29,33)(H,30,31). The molecule has 3 heterocycles. The van der Waals surface area contributed by atoms with Crippen LogP contribution in [-0.2, 0) is 11.0 Å². The molecule has 5 rings (SSSR count). The first-order chi connectivity index (χ1) is 16.8. The Morgan fingerprint density at radius 1 is 1.06 bits per heavy atom. The third kappa shape index (κ3) is 4.77. The normalized spacial score (nSPS) is 14.9. The van der Waals surface area contributed by atoms with Crippen molar-refractivity contribution in [1.82, 2.24) is 14.9 Å². The van der Waals surface area contributed by atoms with Crippen molar-refractivity contribution in [3.05, 3.63) is 72.0 Å². The van der Waals surface area contributed by atoms with E-state index in [9.17, 15) is 22.8 Å². The number of nitrogens with zero attached hydrogens (tertiary/aromatic N) is 2. The molecular weight excluding hydrogens is 461 g/mol. The minimum atomic E-state index is -4.45. The number of fused-ring (bicyclic) bond motifs is 1. The van der Waals surface area contributed by atoms with Crippen LogP contribution in [0.4, 0.5) is 18.9 Å². The number of rotatable bonds is 4. The zero-order valence-electron chi connectivity index (χ0n) is 18.4.